The van der Waals surface area contributed by atoms with E-state index in [1.807, 2.05) is 0 Å². The average molecular weight is 203 g/mol. The summed E-state index contributed by atoms with van der Waals surface area (Å²) in [4.78, 5) is 0. The lowest BCUT2D eigenvalue weighted by atomic mass is 10.5. The van der Waals surface area contributed by atoms with Gasteiger partial charge in [-0.15, -0.1) is 5.10 Å². The molecule has 0 aliphatic rings. The van der Waals surface area contributed by atoms with Gasteiger partial charge in [0.15, 0.2) is 0 Å². The summed E-state index contributed by atoms with van der Waals surface area (Å²) in [6.07, 6.45) is 0. The van der Waals surface area contributed by atoms with Crippen molar-refractivity contribution in [2.45, 2.75) is 0 Å². The van der Waals surface area contributed by atoms with E-state index in [1.165, 1.54) is 0 Å². The second-order valence-corrected chi connectivity index (χ2v) is 2.73. The fourth-order valence-electron chi connectivity index (χ4n) is 0.820. The largest absolute Gasteiger partial charge is 0.369 e. The Bertz CT molecular complexity index is 143. The molecule has 0 rings (SSSR count). The maximum Gasteiger partial charge on any atom is 0.208 e. The molecule has 84 valence electrons. The van der Waals surface area contributed by atoms with Crippen LogP contribution in [0.15, 0.2) is 5.10 Å². The minimum absolute atomic E-state index is 0.0506. The van der Waals surface area contributed by atoms with Crippen molar-refractivity contribution >= 4 is 5.96 Å². The predicted molar refractivity (Wildman–Crippen MR) is 58.6 cm³/mol. The van der Waals surface area contributed by atoms with Gasteiger partial charge in [0.2, 0.25) is 5.96 Å². The molecule has 0 aromatic rings. The third-order valence-corrected chi connectivity index (χ3v) is 1.42. The van der Waals surface area contributed by atoms with Crippen LogP contribution < -0.4 is 33.3 Å². The molecule has 7 heteroatoms. The molecule has 0 aromatic heterocycles. The van der Waals surface area contributed by atoms with Crippen molar-refractivity contribution < 1.29 is 0 Å². The third kappa shape index (κ3) is 11.0. The first-order chi connectivity index (χ1) is 6.77. The summed E-state index contributed by atoms with van der Waals surface area (Å²) in [5.74, 6) is 0.0506. The molecular formula is C7H21N7. The van der Waals surface area contributed by atoms with Crippen LogP contribution >= 0.6 is 0 Å². The van der Waals surface area contributed by atoms with Gasteiger partial charge in [-0.05, 0) is 0 Å². The zero-order valence-electron chi connectivity index (χ0n) is 8.42. The smallest absolute Gasteiger partial charge is 0.208 e. The molecule has 0 amide bonds. The van der Waals surface area contributed by atoms with E-state index in [2.05, 4.69) is 21.2 Å². The maximum atomic E-state index is 5.31. The van der Waals surface area contributed by atoms with Crippen LogP contribution in [-0.2, 0) is 0 Å². The van der Waals surface area contributed by atoms with E-state index < -0.39 is 0 Å². The highest BCUT2D eigenvalue weighted by Crippen LogP contribution is 1.61. The average Bonchev–Trinajstić information content (AvgIpc) is 2.15. The van der Waals surface area contributed by atoms with E-state index in [0.29, 0.717) is 13.1 Å². The number of nitrogens with one attached hydrogen (secondary N) is 3. The van der Waals surface area contributed by atoms with Crippen molar-refractivity contribution in [1.29, 1.82) is 0 Å². The second-order valence-electron chi connectivity index (χ2n) is 2.73. The van der Waals surface area contributed by atoms with Gasteiger partial charge in [-0.3, -0.25) is 0 Å². The molecule has 0 aromatic carbocycles. The molecule has 0 saturated heterocycles. The monoisotopic (exact) mass is 203 g/mol. The van der Waals surface area contributed by atoms with Crippen LogP contribution in [0.25, 0.3) is 0 Å². The lowest BCUT2D eigenvalue weighted by molar-refractivity contribution is 0.592. The molecule has 0 spiro atoms. The van der Waals surface area contributed by atoms with E-state index in [9.17, 15) is 0 Å². The fourth-order valence-corrected chi connectivity index (χ4v) is 0.820. The molecule has 9 N–H and O–H groups in total. The summed E-state index contributed by atoms with van der Waals surface area (Å²) in [6, 6.07) is 0. The van der Waals surface area contributed by atoms with Gasteiger partial charge in [0.1, 0.15) is 0 Å². The highest BCUT2D eigenvalue weighted by atomic mass is 15.3. The fraction of sp³-hybridized carbons (Fsp3) is 0.857. The van der Waals surface area contributed by atoms with Gasteiger partial charge in [0.05, 0.1) is 0 Å². The summed E-state index contributed by atoms with van der Waals surface area (Å²) < 4.78 is 0. The Kier molecular flexibility index (Phi) is 9.28. The summed E-state index contributed by atoms with van der Waals surface area (Å²) in [5, 5.41) is 9.99. The Hall–Kier alpha value is -1.05. The first-order valence-corrected chi connectivity index (χ1v) is 4.70. The van der Waals surface area contributed by atoms with E-state index in [0.717, 1.165) is 26.2 Å². The van der Waals surface area contributed by atoms with Gasteiger partial charge in [-0.25, -0.2) is 0 Å². The van der Waals surface area contributed by atoms with Crippen LogP contribution in [0, 0.1) is 0 Å². The molecule has 0 saturated carbocycles. The quantitative estimate of drug-likeness (QED) is 0.102. The standard InChI is InChI=1S/C7H21N7/c8-1-2-11-3-4-12-5-6-13-14-7(9)10/h11-13H,1-6,8H2,(H4,9,10,14). The topological polar surface area (TPSA) is 127 Å². The minimum atomic E-state index is 0.0506. The van der Waals surface area contributed by atoms with E-state index >= 15 is 0 Å². The van der Waals surface area contributed by atoms with Gasteiger partial charge < -0.3 is 33.3 Å². The molecule has 0 fully saturated rings. The van der Waals surface area contributed by atoms with Crippen LogP contribution in [0.2, 0.25) is 0 Å². The molecule has 14 heavy (non-hydrogen) atoms. The van der Waals surface area contributed by atoms with Gasteiger partial charge in [0, 0.05) is 39.3 Å². The van der Waals surface area contributed by atoms with Crippen LogP contribution in [-0.4, -0.2) is 45.2 Å². The molecule has 0 heterocycles. The summed E-state index contributed by atoms with van der Waals surface area (Å²) >= 11 is 0. The van der Waals surface area contributed by atoms with Crippen molar-refractivity contribution in [3.63, 3.8) is 0 Å². The number of nitrogens with two attached hydrogens (primary N) is 3. The Morgan fingerprint density at radius 3 is 2.07 bits per heavy atom. The molecular weight excluding hydrogens is 182 g/mol. The lowest BCUT2D eigenvalue weighted by Crippen LogP contribution is -2.34. The minimum Gasteiger partial charge on any atom is -0.369 e. The number of hydrogen-bond donors (Lipinski definition) is 6. The maximum absolute atomic E-state index is 5.31. The predicted octanol–water partition coefficient (Wildman–Crippen LogP) is -3.10. The van der Waals surface area contributed by atoms with Gasteiger partial charge in [-0.1, -0.05) is 0 Å². The Morgan fingerprint density at radius 1 is 0.929 bits per heavy atom. The van der Waals surface area contributed by atoms with E-state index in [4.69, 9.17) is 17.2 Å². The van der Waals surface area contributed by atoms with E-state index in [1.54, 1.807) is 0 Å². The number of hydrazone groups is 1. The van der Waals surface area contributed by atoms with Crippen LogP contribution in [0.1, 0.15) is 0 Å². The van der Waals surface area contributed by atoms with E-state index in [-0.39, 0.29) is 5.96 Å². The van der Waals surface area contributed by atoms with Crippen molar-refractivity contribution in [3.8, 4) is 0 Å². The molecule has 0 unspecified atom stereocenters. The molecule has 0 atom stereocenters. The normalized spacial score (nSPS) is 9.79. The van der Waals surface area contributed by atoms with Crippen LogP contribution in [0.5, 0.6) is 0 Å². The Balaban J connectivity index is 2.96. The molecule has 7 nitrogen and oxygen atoms in total. The lowest BCUT2D eigenvalue weighted by Gasteiger charge is -2.05. The number of nitrogens with zero attached hydrogens (tertiary/aromatic N) is 1. The first kappa shape index (κ1) is 12.9. The zero-order valence-corrected chi connectivity index (χ0v) is 8.42. The third-order valence-electron chi connectivity index (χ3n) is 1.42. The summed E-state index contributed by atoms with van der Waals surface area (Å²) in [7, 11) is 0. The van der Waals surface area contributed by atoms with Gasteiger partial charge >= 0.3 is 0 Å². The van der Waals surface area contributed by atoms with Gasteiger partial charge in [0.25, 0.3) is 0 Å². The molecule has 0 radical (unpaired) electrons. The highest BCUT2D eigenvalue weighted by molar-refractivity contribution is 5.75. The number of guanidine groups is 1. The Labute approximate surface area is 84.5 Å². The van der Waals surface area contributed by atoms with Crippen molar-refractivity contribution in [2.75, 3.05) is 39.3 Å². The molecule has 0 aliphatic heterocycles. The SMILES string of the molecule is NCCNCCNCCNN=C(N)N. The number of rotatable bonds is 9. The Morgan fingerprint density at radius 2 is 1.50 bits per heavy atom. The summed E-state index contributed by atoms with van der Waals surface area (Å²) in [5.41, 5.74) is 18.3. The summed E-state index contributed by atoms with van der Waals surface area (Å²) in [6.45, 7) is 4.87. The second kappa shape index (κ2) is 10.0. The first-order valence-electron chi connectivity index (χ1n) is 4.70. The van der Waals surface area contributed by atoms with Crippen molar-refractivity contribution in [2.24, 2.45) is 22.3 Å². The number of hydrogen-bond acceptors (Lipinski definition) is 5. The molecule has 0 bridgehead atoms. The van der Waals surface area contributed by atoms with Crippen molar-refractivity contribution in [3.05, 3.63) is 0 Å². The highest BCUT2D eigenvalue weighted by Gasteiger charge is 1.86. The van der Waals surface area contributed by atoms with Crippen molar-refractivity contribution in [1.82, 2.24) is 16.1 Å². The van der Waals surface area contributed by atoms with Crippen LogP contribution in [0.3, 0.4) is 0 Å². The van der Waals surface area contributed by atoms with Gasteiger partial charge in [-0.2, -0.15) is 0 Å². The van der Waals surface area contributed by atoms with Crippen LogP contribution in [0.4, 0.5) is 0 Å². The molecule has 0 aliphatic carbocycles. The zero-order chi connectivity index (χ0) is 10.6.